The number of anilines is 3. The van der Waals surface area contributed by atoms with Crippen molar-refractivity contribution in [2.75, 3.05) is 4.90 Å². The average molecular weight is 572 g/mol. The average Bonchev–Trinajstić information content (AvgIpc) is 3.07. The summed E-state index contributed by atoms with van der Waals surface area (Å²) in [4.78, 5) is 2.42. The normalized spacial score (nSPS) is 13.9. The summed E-state index contributed by atoms with van der Waals surface area (Å²) in [6.45, 7) is 5.80. The number of rotatable bonds is 11. The molecule has 0 aromatic heterocycles. The molecule has 0 aliphatic heterocycles. The van der Waals surface area contributed by atoms with Crippen molar-refractivity contribution in [3.63, 3.8) is 0 Å². The van der Waals surface area contributed by atoms with E-state index in [0.717, 1.165) is 12.8 Å². The van der Waals surface area contributed by atoms with Crippen molar-refractivity contribution in [3.8, 4) is 0 Å². The molecule has 44 heavy (non-hydrogen) atoms. The van der Waals surface area contributed by atoms with Crippen molar-refractivity contribution in [1.29, 1.82) is 0 Å². The molecule has 0 fully saturated rings. The first kappa shape index (κ1) is 30.3. The number of allylic oxidation sites excluding steroid dienone is 10. The molecule has 0 bridgehead atoms. The summed E-state index contributed by atoms with van der Waals surface area (Å²) in [5, 5.41) is 0. The van der Waals surface area contributed by atoms with E-state index >= 15 is 0 Å². The molecule has 0 heterocycles. The van der Waals surface area contributed by atoms with Gasteiger partial charge in [-0.05, 0) is 90.8 Å². The van der Waals surface area contributed by atoms with Gasteiger partial charge in [0, 0.05) is 17.1 Å². The minimum absolute atomic E-state index is 1.13. The van der Waals surface area contributed by atoms with E-state index in [4.69, 9.17) is 0 Å². The number of hydrogen-bond donors (Lipinski definition) is 0. The minimum atomic E-state index is 1.13. The molecule has 1 nitrogen and oxygen atoms in total. The summed E-state index contributed by atoms with van der Waals surface area (Å²) in [6.07, 6.45) is 29.5. The van der Waals surface area contributed by atoms with Gasteiger partial charge >= 0.3 is 0 Å². The van der Waals surface area contributed by atoms with E-state index in [2.05, 4.69) is 164 Å². The first-order valence-electron chi connectivity index (χ1n) is 15.5. The van der Waals surface area contributed by atoms with Crippen molar-refractivity contribution < 1.29 is 0 Å². The Hall–Kier alpha value is -5.14. The van der Waals surface area contributed by atoms with E-state index < -0.39 is 0 Å². The lowest BCUT2D eigenvalue weighted by molar-refractivity contribution is 0.686. The minimum Gasteiger partial charge on any atom is -0.310 e. The summed E-state index contributed by atoms with van der Waals surface area (Å²) >= 11 is 0. The van der Waals surface area contributed by atoms with Crippen LogP contribution >= 0.6 is 0 Å². The van der Waals surface area contributed by atoms with Crippen LogP contribution in [-0.4, -0.2) is 0 Å². The molecule has 4 aromatic carbocycles. The second-order valence-corrected chi connectivity index (χ2v) is 11.0. The topological polar surface area (TPSA) is 3.24 Å². The Morgan fingerprint density at radius 1 is 0.591 bits per heavy atom. The molecule has 1 aliphatic rings. The third-order valence-electron chi connectivity index (χ3n) is 7.77. The zero-order valence-electron chi connectivity index (χ0n) is 25.6. The van der Waals surface area contributed by atoms with Crippen LogP contribution in [0.3, 0.4) is 0 Å². The van der Waals surface area contributed by atoms with Crippen LogP contribution in [0.5, 0.6) is 0 Å². The lowest BCUT2D eigenvalue weighted by atomic mass is 9.90. The highest BCUT2D eigenvalue weighted by molar-refractivity contribution is 5.80. The van der Waals surface area contributed by atoms with Gasteiger partial charge in [0.1, 0.15) is 0 Å². The quantitative estimate of drug-likeness (QED) is 0.162. The predicted octanol–water partition coefficient (Wildman–Crippen LogP) is 12.0. The standard InChI is InChI=1S/C43H41N/c1-3-4-6-16-35(2)17-9-10-21-37-27-31-40(32-28-37)44(43-26-15-24-39-23-13-14-25-42(39)43)41-33-29-38(30-34-41)22-12-11-20-36-18-7-5-8-19-36/h3-12,15-22,24,26-34H,1,13-14,23,25H2,2H3/b6-4-,17-9+,20-11+,21-10+,22-12+,35-16+. The van der Waals surface area contributed by atoms with Gasteiger partial charge in [-0.2, -0.15) is 0 Å². The molecule has 0 amide bonds. The number of hydrogen-bond acceptors (Lipinski definition) is 1. The van der Waals surface area contributed by atoms with E-state index in [1.165, 1.54) is 63.3 Å². The molecule has 0 N–H and O–H groups in total. The van der Waals surface area contributed by atoms with E-state index in [1.54, 1.807) is 6.08 Å². The molecule has 0 spiro atoms. The van der Waals surface area contributed by atoms with Gasteiger partial charge in [0.15, 0.2) is 0 Å². The van der Waals surface area contributed by atoms with E-state index in [9.17, 15) is 0 Å². The van der Waals surface area contributed by atoms with Crippen LogP contribution in [0, 0.1) is 0 Å². The predicted molar refractivity (Wildman–Crippen MR) is 194 cm³/mol. The zero-order valence-corrected chi connectivity index (χ0v) is 25.6. The fraction of sp³-hybridized carbons (Fsp3) is 0.116. The molecule has 1 heteroatoms. The van der Waals surface area contributed by atoms with Gasteiger partial charge in [0.2, 0.25) is 0 Å². The molecule has 0 unspecified atom stereocenters. The monoisotopic (exact) mass is 571 g/mol. The van der Waals surface area contributed by atoms with Crippen molar-refractivity contribution in [3.05, 3.63) is 192 Å². The fourth-order valence-electron chi connectivity index (χ4n) is 5.48. The molecule has 0 saturated heterocycles. The van der Waals surface area contributed by atoms with E-state index in [1.807, 2.05) is 18.2 Å². The summed E-state index contributed by atoms with van der Waals surface area (Å²) < 4.78 is 0. The molecule has 1 aliphatic carbocycles. The van der Waals surface area contributed by atoms with E-state index in [-0.39, 0.29) is 0 Å². The van der Waals surface area contributed by atoms with Crippen LogP contribution in [0.1, 0.15) is 47.6 Å². The number of fused-ring (bicyclic) bond motifs is 1. The third-order valence-corrected chi connectivity index (χ3v) is 7.77. The van der Waals surface area contributed by atoms with Gasteiger partial charge in [0.05, 0.1) is 0 Å². The number of nitrogens with zero attached hydrogens (tertiary/aromatic N) is 1. The Balaban J connectivity index is 1.38. The Morgan fingerprint density at radius 2 is 1.18 bits per heavy atom. The fourth-order valence-corrected chi connectivity index (χ4v) is 5.48. The van der Waals surface area contributed by atoms with Gasteiger partial charge in [0.25, 0.3) is 0 Å². The molecular weight excluding hydrogens is 530 g/mol. The van der Waals surface area contributed by atoms with Gasteiger partial charge in [-0.25, -0.2) is 0 Å². The lowest BCUT2D eigenvalue weighted by Gasteiger charge is -2.30. The summed E-state index contributed by atoms with van der Waals surface area (Å²) in [5.41, 5.74) is 11.3. The zero-order chi connectivity index (χ0) is 30.4. The van der Waals surface area contributed by atoms with Crippen LogP contribution in [0.2, 0.25) is 0 Å². The number of aryl methyl sites for hydroxylation is 1. The Kier molecular flexibility index (Phi) is 11.0. The summed E-state index contributed by atoms with van der Waals surface area (Å²) in [6, 6.07) is 35.0. The van der Waals surface area contributed by atoms with Crippen molar-refractivity contribution in [1.82, 2.24) is 0 Å². The van der Waals surface area contributed by atoms with E-state index in [0.29, 0.717) is 0 Å². The SMILES string of the molecule is C=C\C=C/C=C(C)/C=C/C=C/c1ccc(N(c2ccc(/C=C/C=C/c3ccccc3)cc2)c2cccc3c2CCCC3)cc1. The third kappa shape index (κ3) is 8.46. The van der Waals surface area contributed by atoms with Gasteiger partial charge < -0.3 is 4.90 Å². The largest absolute Gasteiger partial charge is 0.310 e. The van der Waals surface area contributed by atoms with Crippen molar-refractivity contribution in [2.45, 2.75) is 32.6 Å². The maximum absolute atomic E-state index is 3.71. The molecule has 0 saturated carbocycles. The summed E-state index contributed by atoms with van der Waals surface area (Å²) in [5.74, 6) is 0. The van der Waals surface area contributed by atoms with Gasteiger partial charge in [-0.3, -0.25) is 0 Å². The van der Waals surface area contributed by atoms with Crippen molar-refractivity contribution >= 4 is 35.3 Å². The molecule has 5 rings (SSSR count). The molecule has 218 valence electrons. The van der Waals surface area contributed by atoms with Crippen LogP contribution in [0.15, 0.2) is 164 Å². The highest BCUT2D eigenvalue weighted by Crippen LogP contribution is 2.40. The highest BCUT2D eigenvalue weighted by Gasteiger charge is 2.20. The second kappa shape index (κ2) is 15.9. The molecule has 4 aromatic rings. The van der Waals surface area contributed by atoms with Crippen LogP contribution in [-0.2, 0) is 12.8 Å². The Bertz CT molecular complexity index is 1690. The highest BCUT2D eigenvalue weighted by atomic mass is 15.1. The summed E-state index contributed by atoms with van der Waals surface area (Å²) in [7, 11) is 0. The Labute approximate surface area is 263 Å². The molecule has 0 atom stereocenters. The first-order chi connectivity index (χ1) is 21.7. The van der Waals surface area contributed by atoms with Gasteiger partial charge in [-0.15, -0.1) is 0 Å². The lowest BCUT2D eigenvalue weighted by Crippen LogP contribution is -2.15. The second-order valence-electron chi connectivity index (χ2n) is 11.0. The maximum atomic E-state index is 3.71. The first-order valence-corrected chi connectivity index (χ1v) is 15.5. The van der Waals surface area contributed by atoms with Crippen molar-refractivity contribution in [2.24, 2.45) is 0 Å². The number of benzene rings is 4. The molecular formula is C43H41N. The maximum Gasteiger partial charge on any atom is 0.0496 e. The van der Waals surface area contributed by atoms with Crippen LogP contribution in [0.4, 0.5) is 17.1 Å². The van der Waals surface area contributed by atoms with Crippen LogP contribution in [0.25, 0.3) is 18.2 Å². The smallest absolute Gasteiger partial charge is 0.0496 e. The Morgan fingerprint density at radius 3 is 1.82 bits per heavy atom. The van der Waals surface area contributed by atoms with Crippen LogP contribution < -0.4 is 4.90 Å². The molecule has 0 radical (unpaired) electrons. The van der Waals surface area contributed by atoms with Gasteiger partial charge in [-0.1, -0.05) is 152 Å².